The van der Waals surface area contributed by atoms with E-state index in [0.29, 0.717) is 5.69 Å². The molecular formula is C10H7BrF3NO2. The Labute approximate surface area is 103 Å². The molecule has 17 heavy (non-hydrogen) atoms. The molecule has 0 bridgehead atoms. The second-order valence-corrected chi connectivity index (χ2v) is 3.94. The van der Waals surface area contributed by atoms with Gasteiger partial charge in [0.2, 0.25) is 5.76 Å². The molecule has 0 saturated heterocycles. The molecule has 0 radical (unpaired) electrons. The molecule has 0 atom stereocenters. The summed E-state index contributed by atoms with van der Waals surface area (Å²) in [5.41, 5.74) is 0.324. The molecule has 92 valence electrons. The van der Waals surface area contributed by atoms with Crippen molar-refractivity contribution in [2.24, 2.45) is 0 Å². The molecule has 0 saturated carbocycles. The van der Waals surface area contributed by atoms with Gasteiger partial charge < -0.3 is 10.4 Å². The molecule has 0 spiro atoms. The smallest absolute Gasteiger partial charge is 0.448 e. The molecule has 3 nitrogen and oxygen atoms in total. The van der Waals surface area contributed by atoms with Crippen LogP contribution in [0.4, 0.5) is 18.9 Å². The molecule has 0 aromatic heterocycles. The molecule has 0 fully saturated rings. The predicted octanol–water partition coefficient (Wildman–Crippen LogP) is 3.39. The number of anilines is 1. The second kappa shape index (κ2) is 5.22. The highest BCUT2D eigenvalue weighted by Gasteiger charge is 2.34. The average molecular weight is 310 g/mol. The minimum absolute atomic E-state index is 0.0854. The Balaban J connectivity index is 2.71. The number of aliphatic hydroxyl groups excluding tert-OH is 1. The van der Waals surface area contributed by atoms with Gasteiger partial charge in [-0.25, -0.2) is 0 Å². The van der Waals surface area contributed by atoms with Crippen LogP contribution in [0.5, 0.6) is 0 Å². The number of nitrogens with one attached hydrogen (secondary N) is 1. The van der Waals surface area contributed by atoms with Gasteiger partial charge in [-0.2, -0.15) is 13.2 Å². The minimum Gasteiger partial charge on any atom is -0.504 e. The van der Waals surface area contributed by atoms with Gasteiger partial charge in [-0.15, -0.1) is 0 Å². The van der Waals surface area contributed by atoms with E-state index >= 15 is 0 Å². The number of aliphatic hydroxyl groups is 1. The number of carbonyl (C=O) groups excluding carboxylic acids is 1. The standard InChI is InChI=1S/C10H7BrF3NO2/c11-6-1-3-7(4-2-6)15-9(17)5-8(16)10(12,13)14/h1-5,16H,(H,15,17). The molecule has 0 aliphatic heterocycles. The molecule has 1 rings (SSSR count). The normalized spacial score (nSPS) is 12.4. The van der Waals surface area contributed by atoms with Crippen LogP contribution in [0.15, 0.2) is 40.6 Å². The van der Waals surface area contributed by atoms with Gasteiger partial charge in [0.25, 0.3) is 5.91 Å². The van der Waals surface area contributed by atoms with Crippen molar-refractivity contribution in [3.05, 3.63) is 40.6 Å². The Morgan fingerprint density at radius 2 is 1.82 bits per heavy atom. The Morgan fingerprint density at radius 1 is 1.29 bits per heavy atom. The molecule has 1 aromatic rings. The van der Waals surface area contributed by atoms with Crippen LogP contribution >= 0.6 is 15.9 Å². The van der Waals surface area contributed by atoms with E-state index in [1.165, 1.54) is 12.1 Å². The van der Waals surface area contributed by atoms with Crippen LogP contribution in [-0.2, 0) is 4.79 Å². The summed E-state index contributed by atoms with van der Waals surface area (Å²) < 4.78 is 36.5. The molecule has 0 aliphatic carbocycles. The zero-order valence-electron chi connectivity index (χ0n) is 8.25. The van der Waals surface area contributed by atoms with E-state index < -0.39 is 17.8 Å². The summed E-state index contributed by atoms with van der Waals surface area (Å²) in [7, 11) is 0. The van der Waals surface area contributed by atoms with Crippen molar-refractivity contribution in [2.45, 2.75) is 6.18 Å². The fourth-order valence-corrected chi connectivity index (χ4v) is 1.18. The highest BCUT2D eigenvalue weighted by Crippen LogP contribution is 2.23. The van der Waals surface area contributed by atoms with Gasteiger partial charge in [0, 0.05) is 10.2 Å². The Kier molecular flexibility index (Phi) is 4.17. The lowest BCUT2D eigenvalue weighted by Crippen LogP contribution is -2.16. The Bertz CT molecular complexity index is 440. The highest BCUT2D eigenvalue weighted by molar-refractivity contribution is 9.10. The first-order valence-corrected chi connectivity index (χ1v) is 5.13. The zero-order valence-corrected chi connectivity index (χ0v) is 9.84. The number of benzene rings is 1. The second-order valence-electron chi connectivity index (χ2n) is 3.02. The van der Waals surface area contributed by atoms with Crippen LogP contribution in [0, 0.1) is 0 Å². The first-order chi connectivity index (χ1) is 7.79. The van der Waals surface area contributed by atoms with Gasteiger partial charge in [0.15, 0.2) is 0 Å². The van der Waals surface area contributed by atoms with E-state index in [4.69, 9.17) is 5.11 Å². The van der Waals surface area contributed by atoms with Crippen molar-refractivity contribution in [1.29, 1.82) is 0 Å². The minimum atomic E-state index is -4.92. The number of alkyl halides is 3. The van der Waals surface area contributed by atoms with Crippen LogP contribution in [-0.4, -0.2) is 17.2 Å². The van der Waals surface area contributed by atoms with Gasteiger partial charge in [0.05, 0.1) is 6.08 Å². The van der Waals surface area contributed by atoms with Crippen molar-refractivity contribution in [2.75, 3.05) is 5.32 Å². The molecule has 0 aliphatic rings. The zero-order chi connectivity index (χ0) is 13.1. The summed E-state index contributed by atoms with van der Waals surface area (Å²) >= 11 is 3.16. The number of hydrogen-bond donors (Lipinski definition) is 2. The third-order valence-electron chi connectivity index (χ3n) is 1.67. The number of halogens is 4. The van der Waals surface area contributed by atoms with E-state index in [1.807, 2.05) is 0 Å². The first-order valence-electron chi connectivity index (χ1n) is 4.33. The van der Waals surface area contributed by atoms with Gasteiger partial charge in [0.1, 0.15) is 0 Å². The van der Waals surface area contributed by atoms with Gasteiger partial charge in [-0.05, 0) is 24.3 Å². The number of rotatable bonds is 2. The van der Waals surface area contributed by atoms with E-state index in [-0.39, 0.29) is 6.08 Å². The highest BCUT2D eigenvalue weighted by atomic mass is 79.9. The van der Waals surface area contributed by atoms with Crippen molar-refractivity contribution in [3.8, 4) is 0 Å². The molecule has 0 heterocycles. The number of amides is 1. The lowest BCUT2D eigenvalue weighted by molar-refractivity contribution is -0.124. The number of hydrogen-bond acceptors (Lipinski definition) is 2. The van der Waals surface area contributed by atoms with Crippen molar-refractivity contribution < 1.29 is 23.1 Å². The Hall–Kier alpha value is -1.50. The topological polar surface area (TPSA) is 49.3 Å². The largest absolute Gasteiger partial charge is 0.504 e. The lowest BCUT2D eigenvalue weighted by atomic mass is 10.3. The fraction of sp³-hybridized carbons (Fsp3) is 0.100. The summed E-state index contributed by atoms with van der Waals surface area (Å²) in [5.74, 6) is -2.99. The average Bonchev–Trinajstić information content (AvgIpc) is 2.20. The predicted molar refractivity (Wildman–Crippen MR) is 59.5 cm³/mol. The molecule has 2 N–H and O–H groups in total. The van der Waals surface area contributed by atoms with Crippen molar-refractivity contribution in [3.63, 3.8) is 0 Å². The summed E-state index contributed by atoms with van der Waals surface area (Å²) in [5, 5.41) is 10.7. The van der Waals surface area contributed by atoms with Crippen LogP contribution in [0.25, 0.3) is 0 Å². The third-order valence-corrected chi connectivity index (χ3v) is 2.20. The van der Waals surface area contributed by atoms with Crippen molar-refractivity contribution in [1.82, 2.24) is 0 Å². The number of allylic oxidation sites excluding steroid dienone is 1. The van der Waals surface area contributed by atoms with E-state index in [1.54, 1.807) is 12.1 Å². The summed E-state index contributed by atoms with van der Waals surface area (Å²) in [4.78, 5) is 11.1. The fourth-order valence-electron chi connectivity index (χ4n) is 0.918. The molecule has 7 heteroatoms. The van der Waals surface area contributed by atoms with E-state index in [0.717, 1.165) is 4.47 Å². The Morgan fingerprint density at radius 3 is 2.29 bits per heavy atom. The summed E-state index contributed by atoms with van der Waals surface area (Å²) in [6, 6.07) is 6.23. The summed E-state index contributed by atoms with van der Waals surface area (Å²) in [6.45, 7) is 0. The van der Waals surface area contributed by atoms with Crippen LogP contribution in [0.1, 0.15) is 0 Å². The molecule has 1 aromatic carbocycles. The van der Waals surface area contributed by atoms with Gasteiger partial charge in [-0.3, -0.25) is 4.79 Å². The maximum Gasteiger partial charge on any atom is 0.448 e. The SMILES string of the molecule is O=C(C=C(O)C(F)(F)F)Nc1ccc(Br)cc1. The molecule has 1 amide bonds. The lowest BCUT2D eigenvalue weighted by Gasteiger charge is -2.05. The maximum atomic E-state index is 11.9. The monoisotopic (exact) mass is 309 g/mol. The van der Waals surface area contributed by atoms with Crippen LogP contribution in [0.3, 0.4) is 0 Å². The quantitative estimate of drug-likeness (QED) is 0.650. The van der Waals surface area contributed by atoms with E-state index in [2.05, 4.69) is 21.2 Å². The van der Waals surface area contributed by atoms with Crippen molar-refractivity contribution >= 4 is 27.5 Å². The summed E-state index contributed by atoms with van der Waals surface area (Å²) in [6.07, 6.45) is -4.83. The molecule has 0 unspecified atom stereocenters. The molecular weight excluding hydrogens is 303 g/mol. The van der Waals surface area contributed by atoms with Crippen LogP contribution < -0.4 is 5.32 Å². The first kappa shape index (κ1) is 13.6. The van der Waals surface area contributed by atoms with Crippen LogP contribution in [0.2, 0.25) is 0 Å². The van der Waals surface area contributed by atoms with Gasteiger partial charge in [-0.1, -0.05) is 15.9 Å². The maximum absolute atomic E-state index is 11.9. The number of carbonyl (C=O) groups is 1. The van der Waals surface area contributed by atoms with Gasteiger partial charge >= 0.3 is 6.18 Å². The van der Waals surface area contributed by atoms with E-state index in [9.17, 15) is 18.0 Å². The third kappa shape index (κ3) is 4.48.